The van der Waals surface area contributed by atoms with Crippen LogP contribution in [-0.2, 0) is 17.9 Å². The zero-order chi connectivity index (χ0) is 23.0. The van der Waals surface area contributed by atoms with E-state index in [1.807, 2.05) is 71.6 Å². The second-order valence-corrected chi connectivity index (χ2v) is 8.38. The van der Waals surface area contributed by atoms with Crippen molar-refractivity contribution >= 4 is 5.91 Å². The van der Waals surface area contributed by atoms with Gasteiger partial charge in [0.25, 0.3) is 0 Å². The van der Waals surface area contributed by atoms with E-state index in [9.17, 15) is 4.79 Å². The first-order valence-electron chi connectivity index (χ1n) is 11.3. The van der Waals surface area contributed by atoms with Crippen molar-refractivity contribution in [2.75, 3.05) is 6.54 Å². The first-order valence-corrected chi connectivity index (χ1v) is 11.3. The molecule has 1 amide bonds. The Balaban J connectivity index is 1.62. The van der Waals surface area contributed by atoms with Crippen LogP contribution in [0.15, 0.2) is 116 Å². The van der Waals surface area contributed by atoms with Gasteiger partial charge in [-0.1, -0.05) is 96.6 Å². The van der Waals surface area contributed by atoms with Crippen LogP contribution >= 0.6 is 0 Å². The number of hydrogen-bond donors (Lipinski definition) is 0. The second-order valence-electron chi connectivity index (χ2n) is 8.38. The lowest BCUT2D eigenvalue weighted by Gasteiger charge is -2.28. The monoisotopic (exact) mass is 434 g/mol. The Morgan fingerprint density at radius 2 is 1.58 bits per heavy atom. The minimum absolute atomic E-state index is 0.0793. The Hall–Kier alpha value is -3.85. The third-order valence-electron chi connectivity index (χ3n) is 5.89. The lowest BCUT2D eigenvalue weighted by molar-refractivity contribution is -0.132. The molecule has 0 fully saturated rings. The van der Waals surface area contributed by atoms with E-state index in [-0.39, 0.29) is 11.8 Å². The highest BCUT2D eigenvalue weighted by Crippen LogP contribution is 2.27. The quantitative estimate of drug-likeness (QED) is 0.288. The maximum atomic E-state index is 13.9. The molecule has 0 aliphatic carbocycles. The Labute approximate surface area is 196 Å². The minimum atomic E-state index is -0.354. The van der Waals surface area contributed by atoms with Crippen molar-refractivity contribution in [3.63, 3.8) is 0 Å². The van der Waals surface area contributed by atoms with Crippen LogP contribution in [0.5, 0.6) is 0 Å². The van der Waals surface area contributed by atoms with Crippen molar-refractivity contribution in [1.82, 2.24) is 9.47 Å². The molecular weight excluding hydrogens is 404 g/mol. The fourth-order valence-corrected chi connectivity index (χ4v) is 4.29. The molecule has 1 aromatic heterocycles. The number of rotatable bonds is 9. The summed E-state index contributed by atoms with van der Waals surface area (Å²) in [7, 11) is 0. The lowest BCUT2D eigenvalue weighted by atomic mass is 9.90. The molecular formula is C30H30N2O. The average molecular weight is 435 g/mol. The van der Waals surface area contributed by atoms with Crippen LogP contribution in [0.4, 0.5) is 0 Å². The molecule has 0 bridgehead atoms. The van der Waals surface area contributed by atoms with E-state index in [0.717, 1.165) is 23.4 Å². The van der Waals surface area contributed by atoms with Crippen molar-refractivity contribution in [1.29, 1.82) is 0 Å². The predicted molar refractivity (Wildman–Crippen MR) is 135 cm³/mol. The standard InChI is InChI=1S/C30H30N2O/c1-3-19-32(23-28-18-11-20-31(28)22-25-13-10-12-24(2)21-25)30(33)29(26-14-6-4-7-15-26)27-16-8-5-9-17-27/h3-18,20-21,29H,1,19,22-23H2,2H3. The Morgan fingerprint density at radius 1 is 0.909 bits per heavy atom. The van der Waals surface area contributed by atoms with Crippen LogP contribution < -0.4 is 0 Å². The highest BCUT2D eigenvalue weighted by atomic mass is 16.2. The fourth-order valence-electron chi connectivity index (χ4n) is 4.29. The van der Waals surface area contributed by atoms with Gasteiger partial charge >= 0.3 is 0 Å². The summed E-state index contributed by atoms with van der Waals surface area (Å²) in [4.78, 5) is 15.8. The van der Waals surface area contributed by atoms with E-state index in [1.165, 1.54) is 11.1 Å². The van der Waals surface area contributed by atoms with Gasteiger partial charge in [0.05, 0.1) is 12.5 Å². The fraction of sp³-hybridized carbons (Fsp3) is 0.167. The van der Waals surface area contributed by atoms with Gasteiger partial charge in [-0.2, -0.15) is 0 Å². The van der Waals surface area contributed by atoms with Gasteiger partial charge in [-0.25, -0.2) is 0 Å². The van der Waals surface area contributed by atoms with E-state index in [4.69, 9.17) is 0 Å². The second kappa shape index (κ2) is 10.6. The number of carbonyl (C=O) groups is 1. The maximum Gasteiger partial charge on any atom is 0.235 e. The average Bonchev–Trinajstić information content (AvgIpc) is 3.27. The van der Waals surface area contributed by atoms with Gasteiger partial charge in [0, 0.05) is 25.0 Å². The molecule has 3 nitrogen and oxygen atoms in total. The Bertz CT molecular complexity index is 1150. The van der Waals surface area contributed by atoms with Crippen LogP contribution in [0.1, 0.15) is 33.9 Å². The first-order chi connectivity index (χ1) is 16.2. The van der Waals surface area contributed by atoms with E-state index < -0.39 is 0 Å². The zero-order valence-corrected chi connectivity index (χ0v) is 19.1. The normalized spacial score (nSPS) is 10.8. The molecule has 1 heterocycles. The van der Waals surface area contributed by atoms with Crippen molar-refractivity contribution in [3.05, 3.63) is 144 Å². The highest BCUT2D eigenvalue weighted by molar-refractivity contribution is 5.87. The molecule has 33 heavy (non-hydrogen) atoms. The van der Waals surface area contributed by atoms with Gasteiger partial charge in [-0.3, -0.25) is 4.79 Å². The molecule has 0 radical (unpaired) electrons. The van der Waals surface area contributed by atoms with Crippen molar-refractivity contribution in [2.45, 2.75) is 25.9 Å². The summed E-state index contributed by atoms with van der Waals surface area (Å²) < 4.78 is 2.22. The number of carbonyl (C=O) groups excluding carboxylic acids is 1. The van der Waals surface area contributed by atoms with Crippen molar-refractivity contribution in [2.24, 2.45) is 0 Å². The van der Waals surface area contributed by atoms with Crippen molar-refractivity contribution < 1.29 is 4.79 Å². The third kappa shape index (κ3) is 5.50. The van der Waals surface area contributed by atoms with Gasteiger partial charge < -0.3 is 9.47 Å². The van der Waals surface area contributed by atoms with Gasteiger partial charge in [0.2, 0.25) is 5.91 Å². The molecule has 4 rings (SSSR count). The van der Waals surface area contributed by atoms with E-state index >= 15 is 0 Å². The maximum absolute atomic E-state index is 13.9. The van der Waals surface area contributed by atoms with Crippen molar-refractivity contribution in [3.8, 4) is 0 Å². The number of aromatic nitrogens is 1. The molecule has 0 saturated heterocycles. The summed E-state index contributed by atoms with van der Waals surface area (Å²) in [5, 5.41) is 0. The summed E-state index contributed by atoms with van der Waals surface area (Å²) in [5.74, 6) is -0.275. The minimum Gasteiger partial charge on any atom is -0.345 e. The summed E-state index contributed by atoms with van der Waals surface area (Å²) in [5.41, 5.74) is 5.60. The number of benzene rings is 3. The van der Waals surface area contributed by atoms with E-state index in [2.05, 4.69) is 54.6 Å². The lowest BCUT2D eigenvalue weighted by Crippen LogP contribution is -2.36. The van der Waals surface area contributed by atoms with Gasteiger partial charge in [0.15, 0.2) is 0 Å². The van der Waals surface area contributed by atoms with Crippen LogP contribution in [-0.4, -0.2) is 21.9 Å². The molecule has 3 aromatic carbocycles. The van der Waals surface area contributed by atoms with E-state index in [1.54, 1.807) is 6.08 Å². The zero-order valence-electron chi connectivity index (χ0n) is 19.1. The predicted octanol–water partition coefficient (Wildman–Crippen LogP) is 6.19. The highest BCUT2D eigenvalue weighted by Gasteiger charge is 2.27. The van der Waals surface area contributed by atoms with Crippen LogP contribution in [0.2, 0.25) is 0 Å². The number of amides is 1. The first kappa shape index (κ1) is 22.3. The SMILES string of the molecule is C=CCN(Cc1cccn1Cc1cccc(C)c1)C(=O)C(c1ccccc1)c1ccccc1. The topological polar surface area (TPSA) is 25.2 Å². The number of hydrogen-bond acceptors (Lipinski definition) is 1. The molecule has 0 unspecified atom stereocenters. The summed E-state index contributed by atoms with van der Waals surface area (Å²) in [6.45, 7) is 7.82. The molecule has 166 valence electrons. The van der Waals surface area contributed by atoms with Crippen LogP contribution in [0, 0.1) is 6.92 Å². The molecule has 4 aromatic rings. The summed E-state index contributed by atoms with van der Waals surface area (Å²) in [6, 6.07) is 32.7. The molecule has 0 spiro atoms. The molecule has 3 heteroatoms. The number of aryl methyl sites for hydroxylation is 1. The molecule has 0 atom stereocenters. The molecule has 0 aliphatic rings. The molecule has 0 N–H and O–H groups in total. The van der Waals surface area contributed by atoms with Crippen LogP contribution in [0.3, 0.4) is 0 Å². The summed E-state index contributed by atoms with van der Waals surface area (Å²) in [6.07, 6.45) is 3.89. The molecule has 0 aliphatic heterocycles. The van der Waals surface area contributed by atoms with Gasteiger partial charge in [-0.05, 0) is 35.7 Å². The van der Waals surface area contributed by atoms with Gasteiger partial charge in [-0.15, -0.1) is 6.58 Å². The largest absolute Gasteiger partial charge is 0.345 e. The third-order valence-corrected chi connectivity index (χ3v) is 5.89. The Kier molecular flexibility index (Phi) is 7.21. The summed E-state index contributed by atoms with van der Waals surface area (Å²) >= 11 is 0. The smallest absolute Gasteiger partial charge is 0.235 e. The van der Waals surface area contributed by atoms with E-state index in [0.29, 0.717) is 13.1 Å². The van der Waals surface area contributed by atoms with Crippen LogP contribution in [0.25, 0.3) is 0 Å². The molecule has 0 saturated carbocycles. The Morgan fingerprint density at radius 3 is 2.18 bits per heavy atom. The van der Waals surface area contributed by atoms with Gasteiger partial charge in [0.1, 0.15) is 0 Å². The number of nitrogens with zero attached hydrogens (tertiary/aromatic N) is 2.